The molecule has 3 heterocycles. The third kappa shape index (κ3) is 3.00. The number of rotatable bonds is 2. The molecule has 2 aromatic carbocycles. The van der Waals surface area contributed by atoms with Crippen molar-refractivity contribution in [1.29, 1.82) is 0 Å². The van der Waals surface area contributed by atoms with Gasteiger partial charge in [0.25, 0.3) is 5.91 Å². The van der Waals surface area contributed by atoms with Crippen molar-refractivity contribution >= 4 is 41.6 Å². The molecular weight excluding hydrogens is 412 g/mol. The van der Waals surface area contributed by atoms with Crippen LogP contribution in [0.4, 0.5) is 0 Å². The molecule has 0 bridgehead atoms. The number of aromatic hydroxyl groups is 2. The summed E-state index contributed by atoms with van der Waals surface area (Å²) in [4.78, 5) is 17.0. The molecular formula is C20H12N2O5S2. The second kappa shape index (κ2) is 6.57. The first-order valence-corrected chi connectivity index (χ1v) is 9.72. The summed E-state index contributed by atoms with van der Waals surface area (Å²) in [5.41, 5.74) is 0.925. The minimum absolute atomic E-state index is 0.0872. The summed E-state index contributed by atoms with van der Waals surface area (Å²) in [7, 11) is 0. The van der Waals surface area contributed by atoms with E-state index in [1.54, 1.807) is 36.4 Å². The number of phenolic OH excluding ortho intramolecular Hbond substituents is 1. The zero-order chi connectivity index (χ0) is 20.1. The van der Waals surface area contributed by atoms with Crippen molar-refractivity contribution in [3.63, 3.8) is 0 Å². The van der Waals surface area contributed by atoms with Crippen molar-refractivity contribution in [2.45, 2.75) is 0 Å². The Balaban J connectivity index is 1.61. The molecule has 7 nitrogen and oxygen atoms in total. The minimum Gasteiger partial charge on any atom is -0.508 e. The van der Waals surface area contributed by atoms with Crippen molar-refractivity contribution in [2.75, 3.05) is 6.79 Å². The number of carbonyl (C=O) groups is 1. The standard InChI is InChI=1S/C20H12N2O5S2/c23-13-3-1-12(2-4-13)22-19(25)17(29-20(22)28)7-11-5-10-6-15-16(27-9-26-15)8-14(10)21-18(11)24/h1-8,23,25H,9H2/b11-7+. The van der Waals surface area contributed by atoms with Crippen LogP contribution in [0.5, 0.6) is 23.1 Å². The molecule has 0 atom stereocenters. The van der Waals surface area contributed by atoms with Crippen molar-refractivity contribution in [1.82, 2.24) is 4.57 Å². The number of ether oxygens (including phenoxy) is 2. The summed E-state index contributed by atoms with van der Waals surface area (Å²) in [5, 5.41) is 21.4. The number of phenols is 1. The molecule has 1 amide bonds. The van der Waals surface area contributed by atoms with Crippen molar-refractivity contribution < 1.29 is 24.5 Å². The Morgan fingerprint density at radius 2 is 1.86 bits per heavy atom. The first-order chi connectivity index (χ1) is 14.0. The number of aromatic nitrogens is 1. The van der Waals surface area contributed by atoms with Gasteiger partial charge in [-0.15, -0.1) is 11.3 Å². The number of thiazole rings is 1. The van der Waals surface area contributed by atoms with Gasteiger partial charge >= 0.3 is 0 Å². The molecule has 0 fully saturated rings. The fourth-order valence-corrected chi connectivity index (χ4v) is 4.41. The lowest BCUT2D eigenvalue weighted by atomic mass is 10.1. The van der Waals surface area contributed by atoms with Gasteiger partial charge in [0.05, 0.1) is 15.9 Å². The van der Waals surface area contributed by atoms with E-state index in [4.69, 9.17) is 21.7 Å². The highest BCUT2D eigenvalue weighted by molar-refractivity contribution is 7.73. The molecule has 144 valence electrons. The largest absolute Gasteiger partial charge is 0.508 e. The van der Waals surface area contributed by atoms with Crippen LogP contribution in [0.25, 0.3) is 17.8 Å². The molecule has 1 aromatic heterocycles. The third-order valence-electron chi connectivity index (χ3n) is 4.51. The van der Waals surface area contributed by atoms with E-state index >= 15 is 0 Å². The normalized spacial score (nSPS) is 15.7. The van der Waals surface area contributed by atoms with Crippen LogP contribution in [-0.4, -0.2) is 27.5 Å². The number of benzene rings is 2. The van der Waals surface area contributed by atoms with Gasteiger partial charge in [-0.25, -0.2) is 4.99 Å². The number of fused-ring (bicyclic) bond motifs is 2. The van der Waals surface area contributed by atoms with Gasteiger partial charge in [0.15, 0.2) is 15.5 Å². The molecule has 0 radical (unpaired) electrons. The summed E-state index contributed by atoms with van der Waals surface area (Å²) in [6, 6.07) is 9.73. The number of hydrogen-bond acceptors (Lipinski definition) is 7. The van der Waals surface area contributed by atoms with Crippen molar-refractivity contribution in [3.8, 4) is 28.8 Å². The lowest BCUT2D eigenvalue weighted by molar-refractivity contribution is -0.114. The lowest BCUT2D eigenvalue weighted by Gasteiger charge is -2.06. The Morgan fingerprint density at radius 3 is 2.62 bits per heavy atom. The van der Waals surface area contributed by atoms with Crippen molar-refractivity contribution in [2.24, 2.45) is 4.99 Å². The molecule has 0 aliphatic carbocycles. The van der Waals surface area contributed by atoms with Gasteiger partial charge in [0.1, 0.15) is 5.75 Å². The zero-order valence-electron chi connectivity index (χ0n) is 14.7. The van der Waals surface area contributed by atoms with E-state index in [1.165, 1.54) is 28.0 Å². The van der Waals surface area contributed by atoms with E-state index < -0.39 is 5.91 Å². The van der Waals surface area contributed by atoms with E-state index in [0.717, 1.165) is 5.22 Å². The second-order valence-corrected chi connectivity index (χ2v) is 8.01. The van der Waals surface area contributed by atoms with Crippen LogP contribution in [0, 0.1) is 3.95 Å². The number of amides is 1. The third-order valence-corrected chi connectivity index (χ3v) is 5.82. The van der Waals surface area contributed by atoms with Crippen LogP contribution in [0.15, 0.2) is 47.0 Å². The molecule has 0 spiro atoms. The fraction of sp³-hybridized carbons (Fsp3) is 0.0500. The van der Waals surface area contributed by atoms with E-state index in [0.29, 0.717) is 36.9 Å². The smallest absolute Gasteiger partial charge is 0.277 e. The van der Waals surface area contributed by atoms with Gasteiger partial charge < -0.3 is 19.7 Å². The second-order valence-electron chi connectivity index (χ2n) is 6.33. The summed E-state index contributed by atoms with van der Waals surface area (Å²) in [5.74, 6) is 0.756. The average molecular weight is 424 g/mol. The number of hydrogen-bond donors (Lipinski definition) is 2. The van der Waals surface area contributed by atoms with E-state index in [9.17, 15) is 15.0 Å². The van der Waals surface area contributed by atoms with Crippen LogP contribution >= 0.6 is 23.6 Å². The van der Waals surface area contributed by atoms with Crippen LogP contribution in [0.3, 0.4) is 0 Å². The Bertz CT molecular complexity index is 1380. The molecule has 3 aromatic rings. The van der Waals surface area contributed by atoms with Gasteiger partial charge in [-0.05, 0) is 54.7 Å². The first kappa shape index (κ1) is 17.7. The molecule has 9 heteroatoms. The lowest BCUT2D eigenvalue weighted by Crippen LogP contribution is -2.30. The number of carbonyl (C=O) groups excluding carboxylic acids is 1. The van der Waals surface area contributed by atoms with Gasteiger partial charge in [0, 0.05) is 16.9 Å². The summed E-state index contributed by atoms with van der Waals surface area (Å²) >= 11 is 6.54. The van der Waals surface area contributed by atoms with Crippen LogP contribution in [-0.2, 0) is 4.79 Å². The predicted octanol–water partition coefficient (Wildman–Crippen LogP) is 2.43. The quantitative estimate of drug-likeness (QED) is 0.485. The molecule has 0 saturated carbocycles. The predicted molar refractivity (Wildman–Crippen MR) is 109 cm³/mol. The van der Waals surface area contributed by atoms with E-state index in [1.807, 2.05) is 0 Å². The molecule has 29 heavy (non-hydrogen) atoms. The Hall–Kier alpha value is -3.43. The monoisotopic (exact) mass is 424 g/mol. The maximum atomic E-state index is 12.5. The Morgan fingerprint density at radius 1 is 1.14 bits per heavy atom. The summed E-state index contributed by atoms with van der Waals surface area (Å²) < 4.78 is 12.6. The Labute approximate surface area is 172 Å². The maximum Gasteiger partial charge on any atom is 0.277 e. The summed E-state index contributed by atoms with van der Waals surface area (Å²) in [6.45, 7) is 0.136. The van der Waals surface area contributed by atoms with Gasteiger partial charge in [0.2, 0.25) is 12.7 Å². The fourth-order valence-electron chi connectivity index (χ4n) is 3.11. The Kier molecular flexibility index (Phi) is 4.00. The molecule has 2 aliphatic rings. The first-order valence-electron chi connectivity index (χ1n) is 8.50. The maximum absolute atomic E-state index is 12.5. The highest BCUT2D eigenvalue weighted by Gasteiger charge is 2.19. The van der Waals surface area contributed by atoms with Gasteiger partial charge in [-0.2, -0.15) is 0 Å². The van der Waals surface area contributed by atoms with Crippen molar-refractivity contribution in [3.05, 3.63) is 61.4 Å². The van der Waals surface area contributed by atoms with Crippen LogP contribution in [0.1, 0.15) is 4.88 Å². The topological polar surface area (TPSA) is 93.3 Å². The molecule has 5 rings (SSSR count). The number of nitrogens with zero attached hydrogens (tertiary/aromatic N) is 2. The molecule has 0 unspecified atom stereocenters. The minimum atomic E-state index is -0.425. The highest BCUT2D eigenvalue weighted by Crippen LogP contribution is 2.33. The zero-order valence-corrected chi connectivity index (χ0v) is 16.3. The highest BCUT2D eigenvalue weighted by atomic mass is 32.1. The van der Waals surface area contributed by atoms with E-state index in [2.05, 4.69) is 4.99 Å². The molecule has 2 aliphatic heterocycles. The van der Waals surface area contributed by atoms with E-state index in [-0.39, 0.29) is 18.4 Å². The molecule has 2 N–H and O–H groups in total. The molecule has 0 saturated heterocycles. The van der Waals surface area contributed by atoms with Gasteiger partial charge in [-0.3, -0.25) is 9.36 Å². The summed E-state index contributed by atoms with van der Waals surface area (Å²) in [6.07, 6.45) is 3.26. The average Bonchev–Trinajstić information content (AvgIpc) is 3.25. The SMILES string of the molecule is O=C1N=c2cc3c(cc2=C/C1=C\c1sc(=S)n(-c2ccc(O)cc2)c1O)OCO3. The van der Waals surface area contributed by atoms with Gasteiger partial charge in [-0.1, -0.05) is 0 Å². The van der Waals surface area contributed by atoms with Crippen LogP contribution < -0.4 is 20.0 Å². The van der Waals surface area contributed by atoms with Crippen LogP contribution in [0.2, 0.25) is 0 Å².